The van der Waals surface area contributed by atoms with E-state index >= 15 is 0 Å². The van der Waals surface area contributed by atoms with Crippen LogP contribution in [0.25, 0.3) is 0 Å². The molecule has 1 saturated heterocycles. The van der Waals surface area contributed by atoms with E-state index in [1.807, 2.05) is 12.4 Å². The Balaban J connectivity index is 1.94. The second kappa shape index (κ2) is 3.17. The molecule has 0 aromatic rings. The van der Waals surface area contributed by atoms with Crippen LogP contribution in [0.2, 0.25) is 0 Å². The van der Waals surface area contributed by atoms with Gasteiger partial charge in [-0.05, 0) is 54.6 Å². The molecule has 82 valence electrons. The zero-order chi connectivity index (χ0) is 10.5. The Morgan fingerprint density at radius 1 is 1.38 bits per heavy atom. The Morgan fingerprint density at radius 3 is 3.38 bits per heavy atom. The van der Waals surface area contributed by atoms with Crippen molar-refractivity contribution >= 4 is 6.21 Å². The normalized spacial score (nSPS) is 46.8. The second-order valence-corrected chi connectivity index (χ2v) is 5.29. The van der Waals surface area contributed by atoms with E-state index in [1.165, 1.54) is 31.3 Å². The molecule has 2 nitrogen and oxygen atoms in total. The van der Waals surface area contributed by atoms with Crippen LogP contribution in [0.15, 0.2) is 40.1 Å². The van der Waals surface area contributed by atoms with Gasteiger partial charge < -0.3 is 5.32 Å². The van der Waals surface area contributed by atoms with Crippen LogP contribution in [0.3, 0.4) is 0 Å². The number of nitrogens with one attached hydrogen (secondary N) is 1. The number of rotatable bonds is 0. The zero-order valence-corrected chi connectivity index (χ0v) is 9.32. The predicted molar refractivity (Wildman–Crippen MR) is 65.4 cm³/mol. The lowest BCUT2D eigenvalue weighted by atomic mass is 9.78. The van der Waals surface area contributed by atoms with E-state index in [0.29, 0.717) is 6.04 Å². The first-order valence-electron chi connectivity index (χ1n) is 6.30. The molecule has 2 heterocycles. The van der Waals surface area contributed by atoms with Gasteiger partial charge in [0.2, 0.25) is 0 Å². The topological polar surface area (TPSA) is 24.4 Å². The van der Waals surface area contributed by atoms with Crippen LogP contribution in [-0.4, -0.2) is 18.3 Å². The van der Waals surface area contributed by atoms with Gasteiger partial charge in [-0.3, -0.25) is 4.99 Å². The predicted octanol–water partition coefficient (Wildman–Crippen LogP) is 2.35. The monoisotopic (exact) mass is 212 g/mol. The molecule has 0 spiro atoms. The maximum absolute atomic E-state index is 4.29. The molecule has 4 rings (SSSR count). The lowest BCUT2D eigenvalue weighted by molar-refractivity contribution is 0.433. The van der Waals surface area contributed by atoms with E-state index < -0.39 is 0 Å². The van der Waals surface area contributed by atoms with Crippen molar-refractivity contribution in [2.24, 2.45) is 10.9 Å². The molecule has 0 aromatic carbocycles. The van der Waals surface area contributed by atoms with Crippen molar-refractivity contribution in [3.8, 4) is 0 Å². The van der Waals surface area contributed by atoms with Gasteiger partial charge in [-0.2, -0.15) is 0 Å². The van der Waals surface area contributed by atoms with Gasteiger partial charge in [0.1, 0.15) is 0 Å². The zero-order valence-electron chi connectivity index (χ0n) is 9.32. The number of hydrogen-bond acceptors (Lipinski definition) is 2. The Labute approximate surface area is 95.8 Å². The summed E-state index contributed by atoms with van der Waals surface area (Å²) in [5.41, 5.74) is 4.74. The average molecular weight is 212 g/mol. The maximum atomic E-state index is 4.29. The smallest absolute Gasteiger partial charge is 0.0270 e. The Hall–Kier alpha value is -1.15. The first-order chi connectivity index (χ1) is 7.92. The third-order valence-corrected chi connectivity index (χ3v) is 4.48. The third kappa shape index (κ3) is 1.14. The summed E-state index contributed by atoms with van der Waals surface area (Å²) in [6.45, 7) is 0. The van der Waals surface area contributed by atoms with Crippen molar-refractivity contribution in [2.75, 3.05) is 0 Å². The molecule has 3 atom stereocenters. The van der Waals surface area contributed by atoms with Crippen molar-refractivity contribution in [2.45, 2.75) is 37.8 Å². The van der Waals surface area contributed by atoms with Gasteiger partial charge >= 0.3 is 0 Å². The van der Waals surface area contributed by atoms with E-state index in [4.69, 9.17) is 0 Å². The van der Waals surface area contributed by atoms with E-state index in [1.54, 1.807) is 11.1 Å². The second-order valence-electron chi connectivity index (χ2n) is 5.29. The van der Waals surface area contributed by atoms with Gasteiger partial charge in [-0.15, -0.1) is 0 Å². The summed E-state index contributed by atoms with van der Waals surface area (Å²) in [5, 5.41) is 3.80. The molecule has 0 amide bonds. The highest BCUT2D eigenvalue weighted by Crippen LogP contribution is 2.46. The van der Waals surface area contributed by atoms with Gasteiger partial charge in [-0.1, -0.05) is 0 Å². The quantitative estimate of drug-likeness (QED) is 0.655. The standard InChI is InChI=1S/C14H16N2/c1-2-14-13-8-10(16-14)7-9-3-5-15-6-4-12(13)11(1)9/h3-6,10,13-14,16H,1-2,7-8H2/b5-3?,6-4-,9-3-,12-4?,15-5-,15-6?. The van der Waals surface area contributed by atoms with Crippen LogP contribution in [0.5, 0.6) is 0 Å². The first kappa shape index (κ1) is 8.94. The number of nitrogens with zero attached hydrogens (tertiary/aromatic N) is 1. The molecule has 2 aliphatic heterocycles. The van der Waals surface area contributed by atoms with Crippen LogP contribution in [0.1, 0.15) is 25.7 Å². The molecule has 2 heteroatoms. The van der Waals surface area contributed by atoms with Crippen LogP contribution >= 0.6 is 0 Å². The molecule has 4 aliphatic rings. The van der Waals surface area contributed by atoms with Gasteiger partial charge in [0, 0.05) is 30.4 Å². The highest BCUT2D eigenvalue weighted by atomic mass is 15.0. The fourth-order valence-corrected chi connectivity index (χ4v) is 3.83. The molecule has 2 aliphatic carbocycles. The molecule has 0 aromatic heterocycles. The van der Waals surface area contributed by atoms with Gasteiger partial charge in [0.25, 0.3) is 0 Å². The highest BCUT2D eigenvalue weighted by molar-refractivity contribution is 5.75. The van der Waals surface area contributed by atoms with Crippen molar-refractivity contribution in [1.29, 1.82) is 0 Å². The Morgan fingerprint density at radius 2 is 2.38 bits per heavy atom. The summed E-state index contributed by atoms with van der Waals surface area (Å²) < 4.78 is 0. The van der Waals surface area contributed by atoms with Gasteiger partial charge in [0.05, 0.1) is 0 Å². The van der Waals surface area contributed by atoms with Crippen LogP contribution < -0.4 is 5.32 Å². The summed E-state index contributed by atoms with van der Waals surface area (Å²) in [5.74, 6) is 0.754. The Kier molecular flexibility index (Phi) is 1.77. The molecule has 5 bridgehead atoms. The van der Waals surface area contributed by atoms with Crippen LogP contribution in [0, 0.1) is 5.92 Å². The molecule has 16 heavy (non-hydrogen) atoms. The summed E-state index contributed by atoms with van der Waals surface area (Å²) in [4.78, 5) is 4.29. The lowest BCUT2D eigenvalue weighted by Gasteiger charge is -2.32. The Bertz CT molecular complexity index is 453. The number of allylic oxidation sites excluding steroid dienone is 3. The van der Waals surface area contributed by atoms with E-state index in [2.05, 4.69) is 22.5 Å². The molecular formula is C14H16N2. The van der Waals surface area contributed by atoms with Crippen molar-refractivity contribution in [3.05, 3.63) is 35.1 Å². The first-order valence-corrected chi connectivity index (χ1v) is 6.30. The lowest BCUT2D eigenvalue weighted by Crippen LogP contribution is -2.36. The minimum absolute atomic E-state index is 0.703. The minimum Gasteiger partial charge on any atom is -0.310 e. The van der Waals surface area contributed by atoms with E-state index in [0.717, 1.165) is 12.0 Å². The largest absolute Gasteiger partial charge is 0.310 e. The summed E-state index contributed by atoms with van der Waals surface area (Å²) in [6.07, 6.45) is 13.5. The van der Waals surface area contributed by atoms with Gasteiger partial charge in [-0.25, -0.2) is 0 Å². The van der Waals surface area contributed by atoms with Gasteiger partial charge in [0.15, 0.2) is 0 Å². The van der Waals surface area contributed by atoms with E-state index in [9.17, 15) is 0 Å². The summed E-state index contributed by atoms with van der Waals surface area (Å²) in [7, 11) is 0. The number of fused-ring (bicyclic) bond motifs is 1. The minimum atomic E-state index is 0.703. The molecule has 1 fully saturated rings. The highest BCUT2D eigenvalue weighted by Gasteiger charge is 2.42. The van der Waals surface area contributed by atoms with Crippen molar-refractivity contribution in [1.82, 2.24) is 5.32 Å². The maximum Gasteiger partial charge on any atom is 0.0270 e. The van der Waals surface area contributed by atoms with Crippen molar-refractivity contribution in [3.63, 3.8) is 0 Å². The summed E-state index contributed by atoms with van der Waals surface area (Å²) >= 11 is 0. The fraction of sp³-hybridized carbons (Fsp3) is 0.500. The third-order valence-electron chi connectivity index (χ3n) is 4.48. The SMILES string of the molecule is C1=C/C2=C3CCC4NC(C/C3=C/C=N\1)CC24. The average Bonchev–Trinajstić information content (AvgIpc) is 2.57. The molecule has 0 saturated carbocycles. The fourth-order valence-electron chi connectivity index (χ4n) is 3.83. The van der Waals surface area contributed by atoms with Crippen LogP contribution in [0.4, 0.5) is 0 Å². The summed E-state index contributed by atoms with van der Waals surface area (Å²) in [6, 6.07) is 1.44. The van der Waals surface area contributed by atoms with E-state index in [-0.39, 0.29) is 0 Å². The van der Waals surface area contributed by atoms with Crippen molar-refractivity contribution < 1.29 is 0 Å². The molecular weight excluding hydrogens is 196 g/mol. The number of hydrogen-bond donors (Lipinski definition) is 1. The molecule has 3 unspecified atom stereocenters. The number of aliphatic imine (C=N–C) groups is 1. The molecule has 0 radical (unpaired) electrons. The molecule has 1 N–H and O–H groups in total. The van der Waals surface area contributed by atoms with Crippen LogP contribution in [-0.2, 0) is 0 Å².